The van der Waals surface area contributed by atoms with Crippen molar-refractivity contribution in [3.8, 4) is 0 Å². The molecule has 6 nitrogen and oxygen atoms in total. The normalized spacial score (nSPS) is 17.8. The lowest BCUT2D eigenvalue weighted by atomic mass is 9.91. The van der Waals surface area contributed by atoms with Crippen LogP contribution in [0.2, 0.25) is 0 Å². The third-order valence-corrected chi connectivity index (χ3v) is 11.1. The van der Waals surface area contributed by atoms with Gasteiger partial charge in [0.25, 0.3) is 5.60 Å². The van der Waals surface area contributed by atoms with Crippen molar-refractivity contribution in [2.75, 3.05) is 26.2 Å². The van der Waals surface area contributed by atoms with Crippen LogP contribution in [0.1, 0.15) is 62.1 Å². The molecule has 2 aliphatic heterocycles. The van der Waals surface area contributed by atoms with Gasteiger partial charge in [-0.05, 0) is 60.9 Å². The smallest absolute Gasteiger partial charge is 0.349 e. The Morgan fingerprint density at radius 3 is 1.91 bits per heavy atom. The Kier molecular flexibility index (Phi) is 15.5. The molecule has 3 aromatic carbocycles. The minimum Gasteiger partial charge on any atom is -0.349 e. The van der Waals surface area contributed by atoms with Crippen LogP contribution in [0.5, 0.6) is 0 Å². The first kappa shape index (κ1) is 44.3. The van der Waals surface area contributed by atoms with E-state index in [-0.39, 0.29) is 17.1 Å². The van der Waals surface area contributed by atoms with Gasteiger partial charge in [0.1, 0.15) is 17.5 Å². The molecule has 2 fully saturated rings. The Bertz CT molecular complexity index is 1830. The number of pyridine rings is 1. The molecule has 0 aliphatic carbocycles. The summed E-state index contributed by atoms with van der Waals surface area (Å²) < 4.78 is 138. The van der Waals surface area contributed by atoms with Crippen molar-refractivity contribution >= 4 is 16.8 Å². The number of hydrogen-bond donors (Lipinski definition) is 0. The van der Waals surface area contributed by atoms with Gasteiger partial charge in [-0.3, -0.25) is 9.19 Å². The topological polar surface area (TPSA) is 62.7 Å². The SMILES string of the molecule is CCCC.Fc1cccc(F)c1COC(c1ccccc1)(C(F)(F)F)C(F)(F)F.O=C(N1CCC(c2cccnc2)C1)N1CCC(S(=O)c2ccc(F)cc2)C1. The average molecular weight is 816 g/mol. The van der Waals surface area contributed by atoms with Crippen molar-refractivity contribution in [2.24, 2.45) is 0 Å². The summed E-state index contributed by atoms with van der Waals surface area (Å²) in [6.45, 7) is 5.33. The van der Waals surface area contributed by atoms with Crippen molar-refractivity contribution in [3.63, 3.8) is 0 Å². The van der Waals surface area contributed by atoms with E-state index in [2.05, 4.69) is 29.6 Å². The van der Waals surface area contributed by atoms with Gasteiger partial charge < -0.3 is 14.5 Å². The molecule has 2 amide bonds. The first-order chi connectivity index (χ1) is 26.5. The summed E-state index contributed by atoms with van der Waals surface area (Å²) in [6, 6.07) is 16.4. The van der Waals surface area contributed by atoms with Crippen LogP contribution in [0.3, 0.4) is 0 Å². The largest absolute Gasteiger partial charge is 0.430 e. The van der Waals surface area contributed by atoms with E-state index in [9.17, 15) is 48.5 Å². The molecule has 4 aromatic rings. The molecule has 2 aliphatic rings. The monoisotopic (exact) mass is 815 g/mol. The van der Waals surface area contributed by atoms with Crippen molar-refractivity contribution < 1.29 is 53.3 Å². The van der Waals surface area contributed by atoms with Gasteiger partial charge in [0.15, 0.2) is 0 Å². The Morgan fingerprint density at radius 2 is 1.36 bits per heavy atom. The van der Waals surface area contributed by atoms with Gasteiger partial charge in [-0.2, -0.15) is 26.3 Å². The summed E-state index contributed by atoms with van der Waals surface area (Å²) in [5.41, 5.74) is -5.83. The molecule has 0 N–H and O–H groups in total. The molecule has 304 valence electrons. The Balaban J connectivity index is 0.000000228. The highest BCUT2D eigenvalue weighted by Gasteiger charge is 2.73. The lowest BCUT2D eigenvalue weighted by molar-refractivity contribution is -0.392. The summed E-state index contributed by atoms with van der Waals surface area (Å²) in [6.07, 6.45) is -3.93. The van der Waals surface area contributed by atoms with Crippen LogP contribution in [0.4, 0.5) is 44.3 Å². The van der Waals surface area contributed by atoms with Crippen LogP contribution in [-0.2, 0) is 27.7 Å². The highest BCUT2D eigenvalue weighted by atomic mass is 32.2. The minimum absolute atomic E-state index is 0.0278. The molecule has 0 radical (unpaired) electrons. The number of halogens is 9. The molecule has 16 heteroatoms. The first-order valence-corrected chi connectivity index (χ1v) is 19.1. The molecular formula is C40H42F9N3O3S. The maximum Gasteiger partial charge on any atom is 0.430 e. The summed E-state index contributed by atoms with van der Waals surface area (Å²) >= 11 is 0. The second kappa shape index (κ2) is 19.6. The summed E-state index contributed by atoms with van der Waals surface area (Å²) in [5.74, 6) is -2.64. The van der Waals surface area contributed by atoms with Crippen LogP contribution in [0.15, 0.2) is 102 Å². The molecule has 2 saturated heterocycles. The van der Waals surface area contributed by atoms with Crippen molar-refractivity contribution in [2.45, 2.75) is 80.2 Å². The van der Waals surface area contributed by atoms with Crippen LogP contribution >= 0.6 is 0 Å². The molecule has 3 heterocycles. The zero-order chi connectivity index (χ0) is 41.1. The number of likely N-dealkylation sites (tertiary alicyclic amines) is 2. The Labute approximate surface area is 322 Å². The second-order valence-corrected chi connectivity index (χ2v) is 14.9. The molecule has 0 spiro atoms. The Morgan fingerprint density at radius 1 is 0.768 bits per heavy atom. The second-order valence-electron chi connectivity index (χ2n) is 13.1. The minimum atomic E-state index is -5.92. The first-order valence-electron chi connectivity index (χ1n) is 17.9. The lowest BCUT2D eigenvalue weighted by Gasteiger charge is -2.37. The molecular weight excluding hydrogens is 774 g/mol. The van der Waals surface area contributed by atoms with E-state index >= 15 is 0 Å². The predicted octanol–water partition coefficient (Wildman–Crippen LogP) is 10.3. The zero-order valence-corrected chi connectivity index (χ0v) is 31.4. The van der Waals surface area contributed by atoms with Gasteiger partial charge in [0.05, 0.1) is 22.7 Å². The summed E-state index contributed by atoms with van der Waals surface area (Å²) in [5, 5.41) is -0.101. The lowest BCUT2D eigenvalue weighted by Crippen LogP contribution is -2.55. The van der Waals surface area contributed by atoms with E-state index < -0.39 is 58.1 Å². The number of carbonyl (C=O) groups excluding carboxylic acids is 1. The fourth-order valence-corrected chi connectivity index (χ4v) is 7.54. The molecule has 56 heavy (non-hydrogen) atoms. The average Bonchev–Trinajstić information content (AvgIpc) is 3.88. The number of ether oxygens (including phenoxy) is 1. The molecule has 3 unspecified atom stereocenters. The number of carbonyl (C=O) groups is 1. The number of unbranched alkanes of at least 4 members (excludes halogenated alkanes) is 1. The number of rotatable bonds is 8. The van der Waals surface area contributed by atoms with E-state index in [0.717, 1.165) is 31.2 Å². The number of benzene rings is 3. The molecule has 3 atom stereocenters. The van der Waals surface area contributed by atoms with Gasteiger partial charge >= 0.3 is 18.4 Å². The highest BCUT2D eigenvalue weighted by Crippen LogP contribution is 2.53. The van der Waals surface area contributed by atoms with Crippen LogP contribution < -0.4 is 0 Å². The molecule has 0 saturated carbocycles. The standard InChI is InChI=1S/C20H22FN3O2S.C16H10F8O.C4H10/c21-17-3-5-18(6-4-17)27(26)19-8-11-24(14-19)20(25)23-10-7-16(13-23)15-2-1-9-22-12-15;17-12-7-4-8-13(18)11(12)9-25-14(15(19,20)21,16(22,23)24)10-5-2-1-3-6-10;1-3-4-2/h1-6,9,12,16,19H,7-8,10-11,13-14H2;1-8H,9H2;3-4H2,1-2H3. The number of amides is 2. The third-order valence-electron chi connectivity index (χ3n) is 9.35. The third kappa shape index (κ3) is 10.7. The van der Waals surface area contributed by atoms with E-state index in [1.54, 1.807) is 23.2 Å². The van der Waals surface area contributed by atoms with Gasteiger partial charge in [0.2, 0.25) is 0 Å². The number of urea groups is 1. The zero-order valence-electron chi connectivity index (χ0n) is 30.6. The van der Waals surface area contributed by atoms with Crippen molar-refractivity contribution in [1.82, 2.24) is 14.8 Å². The maximum absolute atomic E-state index is 13.5. The number of aromatic nitrogens is 1. The molecule has 1 aromatic heterocycles. The number of nitrogens with zero attached hydrogens (tertiary/aromatic N) is 3. The van der Waals surface area contributed by atoms with E-state index in [1.807, 2.05) is 17.2 Å². The van der Waals surface area contributed by atoms with E-state index in [0.29, 0.717) is 61.1 Å². The maximum atomic E-state index is 13.5. The van der Waals surface area contributed by atoms with Crippen LogP contribution in [-0.4, -0.2) is 68.8 Å². The van der Waals surface area contributed by atoms with E-state index in [4.69, 9.17) is 0 Å². The van der Waals surface area contributed by atoms with Gasteiger partial charge in [-0.1, -0.05) is 69.2 Å². The quantitative estimate of drug-likeness (QED) is 0.166. The molecule has 6 rings (SSSR count). The highest BCUT2D eigenvalue weighted by molar-refractivity contribution is 7.85. The summed E-state index contributed by atoms with van der Waals surface area (Å²) in [4.78, 5) is 21.3. The molecule has 0 bridgehead atoms. The van der Waals surface area contributed by atoms with Crippen molar-refractivity contribution in [3.05, 3.63) is 131 Å². The van der Waals surface area contributed by atoms with Crippen molar-refractivity contribution in [1.29, 1.82) is 0 Å². The van der Waals surface area contributed by atoms with Gasteiger partial charge in [-0.15, -0.1) is 0 Å². The fourth-order valence-electron chi connectivity index (χ4n) is 6.12. The number of hydrogen-bond acceptors (Lipinski definition) is 4. The van der Waals surface area contributed by atoms with Gasteiger partial charge in [-0.25, -0.2) is 18.0 Å². The van der Waals surface area contributed by atoms with Crippen LogP contribution in [0.25, 0.3) is 0 Å². The van der Waals surface area contributed by atoms with Gasteiger partial charge in [0, 0.05) is 60.5 Å². The fraction of sp³-hybridized carbons (Fsp3) is 0.400. The van der Waals surface area contributed by atoms with Crippen LogP contribution in [0, 0.1) is 17.5 Å². The number of alkyl halides is 6. The van der Waals surface area contributed by atoms with E-state index in [1.165, 1.54) is 36.6 Å². The predicted molar refractivity (Wildman–Crippen MR) is 193 cm³/mol. The Hall–Kier alpha value is -4.44. The summed E-state index contributed by atoms with van der Waals surface area (Å²) in [7, 11) is -1.23.